The Morgan fingerprint density at radius 2 is 1.67 bits per heavy atom. The first-order valence-electron chi connectivity index (χ1n) is 3.62. The average Bonchev–Trinajstić information content (AvgIpc) is 2.09. The third kappa shape index (κ3) is 2.94. The zero-order valence-corrected chi connectivity index (χ0v) is 10.2. The number of carbonyl (C=O) groups excluding carboxylic acids is 1. The highest BCUT2D eigenvalue weighted by Crippen LogP contribution is 2.38. The Morgan fingerprint density at radius 3 is 2.00 bits per heavy atom. The van der Waals surface area contributed by atoms with Gasteiger partial charge in [0, 0.05) is 8.95 Å². The van der Waals surface area contributed by atoms with E-state index in [0.717, 1.165) is 12.1 Å². The quantitative estimate of drug-likeness (QED) is 0.811. The van der Waals surface area contributed by atoms with Crippen molar-refractivity contribution < 1.29 is 18.0 Å². The van der Waals surface area contributed by atoms with Gasteiger partial charge in [-0.2, -0.15) is 13.2 Å². The summed E-state index contributed by atoms with van der Waals surface area (Å²) in [6.45, 7) is 0. The van der Waals surface area contributed by atoms with Crippen LogP contribution in [0.15, 0.2) is 21.1 Å². The molecule has 1 N–H and O–H groups in total. The van der Waals surface area contributed by atoms with Crippen molar-refractivity contribution in [3.63, 3.8) is 0 Å². The molecule has 1 aromatic carbocycles. The monoisotopic (exact) mass is 345 g/mol. The van der Waals surface area contributed by atoms with Crippen LogP contribution in [0.3, 0.4) is 0 Å². The highest BCUT2D eigenvalue weighted by molar-refractivity contribution is 9.11. The number of amides is 1. The molecule has 2 nitrogen and oxygen atoms in total. The Labute approximate surface area is 100 Å². The molecule has 0 radical (unpaired) electrons. The minimum Gasteiger partial charge on any atom is -0.327 e. The summed E-state index contributed by atoms with van der Waals surface area (Å²) in [5.41, 5.74) is -0.532. The molecule has 0 heterocycles. The third-order valence-electron chi connectivity index (χ3n) is 1.57. The fourth-order valence-electron chi connectivity index (χ4n) is 0.934. The molecule has 1 rings (SSSR count). The SMILES string of the molecule is O=CNc1c(Br)cc(C(F)(F)F)cc1Br. The van der Waals surface area contributed by atoms with Gasteiger partial charge in [0.25, 0.3) is 0 Å². The Balaban J connectivity index is 3.25. The molecule has 1 amide bonds. The normalized spacial score (nSPS) is 11.3. The van der Waals surface area contributed by atoms with Gasteiger partial charge in [0.2, 0.25) is 6.41 Å². The van der Waals surface area contributed by atoms with Crippen molar-refractivity contribution in [2.75, 3.05) is 5.32 Å². The van der Waals surface area contributed by atoms with Crippen molar-refractivity contribution in [1.82, 2.24) is 0 Å². The lowest BCUT2D eigenvalue weighted by molar-refractivity contribution is -0.137. The van der Waals surface area contributed by atoms with E-state index in [1.54, 1.807) is 0 Å². The van der Waals surface area contributed by atoms with Gasteiger partial charge < -0.3 is 5.32 Å². The molecule has 0 aromatic heterocycles. The highest BCUT2D eigenvalue weighted by atomic mass is 79.9. The summed E-state index contributed by atoms with van der Waals surface area (Å²) in [6.07, 6.45) is -4.02. The topological polar surface area (TPSA) is 29.1 Å². The van der Waals surface area contributed by atoms with Gasteiger partial charge >= 0.3 is 6.18 Å². The highest BCUT2D eigenvalue weighted by Gasteiger charge is 2.31. The molecule has 0 saturated carbocycles. The smallest absolute Gasteiger partial charge is 0.327 e. The molecule has 0 aliphatic rings. The fraction of sp³-hybridized carbons (Fsp3) is 0.125. The summed E-state index contributed by atoms with van der Waals surface area (Å²) in [6, 6.07) is 1.80. The molecule has 0 aliphatic carbocycles. The first-order chi connectivity index (χ1) is 6.86. The Kier molecular flexibility index (Phi) is 3.77. The Bertz CT molecular complexity index is 369. The molecule has 0 unspecified atom stereocenters. The predicted octanol–water partition coefficient (Wildman–Crippen LogP) is 3.80. The summed E-state index contributed by atoms with van der Waals surface area (Å²) in [7, 11) is 0. The molecule has 0 spiro atoms. The summed E-state index contributed by atoms with van der Waals surface area (Å²) < 4.78 is 37.3. The van der Waals surface area contributed by atoms with Gasteiger partial charge in [-0.1, -0.05) is 0 Å². The third-order valence-corrected chi connectivity index (χ3v) is 2.82. The van der Waals surface area contributed by atoms with Gasteiger partial charge in [-0.3, -0.25) is 4.79 Å². The van der Waals surface area contributed by atoms with Crippen LogP contribution < -0.4 is 5.32 Å². The van der Waals surface area contributed by atoms with Crippen LogP contribution in [-0.2, 0) is 11.0 Å². The summed E-state index contributed by atoms with van der Waals surface area (Å²) in [5, 5.41) is 2.28. The lowest BCUT2D eigenvalue weighted by Crippen LogP contribution is -2.06. The van der Waals surface area contributed by atoms with Crippen molar-refractivity contribution >= 4 is 44.0 Å². The first kappa shape index (κ1) is 12.5. The van der Waals surface area contributed by atoms with Gasteiger partial charge in [-0.15, -0.1) is 0 Å². The van der Waals surface area contributed by atoms with E-state index in [1.165, 1.54) is 0 Å². The molecule has 7 heteroatoms. The van der Waals surface area contributed by atoms with E-state index in [1.807, 2.05) is 0 Å². The minimum atomic E-state index is -4.41. The number of alkyl halides is 3. The van der Waals surface area contributed by atoms with Crippen LogP contribution in [0.4, 0.5) is 18.9 Å². The van der Waals surface area contributed by atoms with Crippen LogP contribution in [0.5, 0.6) is 0 Å². The zero-order chi connectivity index (χ0) is 11.6. The molecule has 0 bridgehead atoms. The number of anilines is 1. The van der Waals surface area contributed by atoms with E-state index in [-0.39, 0.29) is 14.6 Å². The number of carbonyl (C=O) groups is 1. The number of rotatable bonds is 2. The van der Waals surface area contributed by atoms with E-state index >= 15 is 0 Å². The van der Waals surface area contributed by atoms with E-state index < -0.39 is 11.7 Å². The lowest BCUT2D eigenvalue weighted by Gasteiger charge is -2.11. The minimum absolute atomic E-state index is 0.163. The Morgan fingerprint density at radius 1 is 1.20 bits per heavy atom. The van der Waals surface area contributed by atoms with Crippen LogP contribution in [0.1, 0.15) is 5.56 Å². The van der Waals surface area contributed by atoms with E-state index in [0.29, 0.717) is 6.41 Å². The van der Waals surface area contributed by atoms with Crippen LogP contribution >= 0.6 is 31.9 Å². The van der Waals surface area contributed by atoms with Crippen LogP contribution in [0, 0.1) is 0 Å². The number of nitrogens with one attached hydrogen (secondary N) is 1. The number of hydrogen-bond donors (Lipinski definition) is 1. The maximum absolute atomic E-state index is 12.3. The van der Waals surface area contributed by atoms with Gasteiger partial charge in [0.15, 0.2) is 0 Å². The van der Waals surface area contributed by atoms with Gasteiger partial charge in [0.1, 0.15) is 0 Å². The van der Waals surface area contributed by atoms with Crippen LogP contribution in [-0.4, -0.2) is 6.41 Å². The molecule has 0 atom stereocenters. The number of hydrogen-bond acceptors (Lipinski definition) is 1. The first-order valence-corrected chi connectivity index (χ1v) is 5.21. The molecule has 0 saturated heterocycles. The summed E-state index contributed by atoms with van der Waals surface area (Å²) in [5.74, 6) is 0. The Hall–Kier alpha value is -0.560. The second-order valence-electron chi connectivity index (χ2n) is 2.57. The van der Waals surface area contributed by atoms with Crippen molar-refractivity contribution in [2.45, 2.75) is 6.18 Å². The predicted molar refractivity (Wildman–Crippen MR) is 56.5 cm³/mol. The second kappa shape index (κ2) is 4.52. The summed E-state index contributed by atoms with van der Waals surface area (Å²) >= 11 is 5.88. The molecule has 0 aliphatic heterocycles. The lowest BCUT2D eigenvalue weighted by atomic mass is 10.2. The number of halogens is 5. The van der Waals surface area contributed by atoms with Gasteiger partial charge in [0.05, 0.1) is 11.3 Å². The van der Waals surface area contributed by atoms with Crippen molar-refractivity contribution in [3.05, 3.63) is 26.6 Å². The van der Waals surface area contributed by atoms with E-state index in [9.17, 15) is 18.0 Å². The molecular formula is C8H4Br2F3NO. The molecule has 15 heavy (non-hydrogen) atoms. The molecular weight excluding hydrogens is 343 g/mol. The standard InChI is InChI=1S/C8H4Br2F3NO/c9-5-1-4(8(11,12)13)2-6(10)7(5)14-3-15/h1-3H,(H,14,15). The van der Waals surface area contributed by atoms with Crippen molar-refractivity contribution in [2.24, 2.45) is 0 Å². The van der Waals surface area contributed by atoms with Gasteiger partial charge in [-0.05, 0) is 44.0 Å². The largest absolute Gasteiger partial charge is 0.416 e. The summed E-state index contributed by atoms with van der Waals surface area (Å²) in [4.78, 5) is 10.2. The van der Waals surface area contributed by atoms with Gasteiger partial charge in [-0.25, -0.2) is 0 Å². The van der Waals surface area contributed by atoms with E-state index in [2.05, 4.69) is 37.2 Å². The van der Waals surface area contributed by atoms with Crippen molar-refractivity contribution in [3.8, 4) is 0 Å². The average molecular weight is 347 g/mol. The number of benzene rings is 1. The fourth-order valence-corrected chi connectivity index (χ4v) is 2.35. The zero-order valence-electron chi connectivity index (χ0n) is 7.03. The molecule has 1 aromatic rings. The van der Waals surface area contributed by atoms with Crippen LogP contribution in [0.25, 0.3) is 0 Å². The maximum Gasteiger partial charge on any atom is 0.416 e. The maximum atomic E-state index is 12.3. The second-order valence-corrected chi connectivity index (χ2v) is 4.28. The van der Waals surface area contributed by atoms with Crippen LogP contribution in [0.2, 0.25) is 0 Å². The molecule has 0 fully saturated rings. The molecule has 82 valence electrons. The van der Waals surface area contributed by atoms with E-state index in [4.69, 9.17) is 0 Å². The van der Waals surface area contributed by atoms with Crippen molar-refractivity contribution in [1.29, 1.82) is 0 Å².